The third kappa shape index (κ3) is 6.82. The molecule has 2 N–H and O–H groups in total. The molecule has 0 bridgehead atoms. The van der Waals surface area contributed by atoms with Crippen molar-refractivity contribution >= 4 is 23.5 Å². The predicted molar refractivity (Wildman–Crippen MR) is 137 cm³/mol. The summed E-state index contributed by atoms with van der Waals surface area (Å²) in [6.45, 7) is 4.88. The number of benzene rings is 1. The van der Waals surface area contributed by atoms with Crippen molar-refractivity contribution in [3.63, 3.8) is 0 Å². The summed E-state index contributed by atoms with van der Waals surface area (Å²) in [4.78, 5) is 45.4. The Labute approximate surface area is 210 Å². The number of H-pyrrole nitrogens is 1. The van der Waals surface area contributed by atoms with Gasteiger partial charge in [0, 0.05) is 11.1 Å². The number of carbonyl (C=O) groups excluding carboxylic acids is 2. The number of hydrogen-bond acceptors (Lipinski definition) is 7. The van der Waals surface area contributed by atoms with Crippen LogP contribution in [0.1, 0.15) is 86.3 Å². The molecule has 1 aromatic heterocycles. The Hall–Kier alpha value is -2.45. The minimum Gasteiger partial charge on any atom is -0.425 e. The SMILES string of the molecule is CC(C)c1c(CC2CCCCC2)nc(SCC(=O)c2ccc(OC(=O)C3CCCN3)cc2)[nH]c1=O. The van der Waals surface area contributed by atoms with E-state index in [-0.39, 0.29) is 35.0 Å². The molecule has 35 heavy (non-hydrogen) atoms. The van der Waals surface area contributed by atoms with E-state index < -0.39 is 0 Å². The van der Waals surface area contributed by atoms with Crippen molar-refractivity contribution in [1.29, 1.82) is 0 Å². The summed E-state index contributed by atoms with van der Waals surface area (Å²) in [5.74, 6) is 0.902. The predicted octanol–water partition coefficient (Wildman–Crippen LogP) is 4.65. The molecule has 2 heterocycles. The zero-order chi connectivity index (χ0) is 24.8. The van der Waals surface area contributed by atoms with Gasteiger partial charge in [-0.15, -0.1) is 0 Å². The molecule has 1 saturated heterocycles. The van der Waals surface area contributed by atoms with Gasteiger partial charge in [0.1, 0.15) is 11.8 Å². The standard InChI is InChI=1S/C27H35N3O4S/c1-17(2)24-22(15-18-7-4-3-5-8-18)29-27(30-25(24)32)35-16-23(31)19-10-12-20(13-11-19)34-26(33)21-9-6-14-28-21/h10-13,17-18,21,28H,3-9,14-16H2,1-2H3,(H,29,30,32). The van der Waals surface area contributed by atoms with E-state index in [9.17, 15) is 14.4 Å². The smallest absolute Gasteiger partial charge is 0.328 e. The fourth-order valence-corrected chi connectivity index (χ4v) is 5.76. The van der Waals surface area contributed by atoms with Crippen molar-refractivity contribution < 1.29 is 14.3 Å². The number of carbonyl (C=O) groups is 2. The third-order valence-electron chi connectivity index (χ3n) is 6.88. The average Bonchev–Trinajstić information content (AvgIpc) is 3.38. The second kappa shape index (κ2) is 12.0. The molecule has 1 aliphatic heterocycles. The molecule has 1 aliphatic carbocycles. The van der Waals surface area contributed by atoms with Gasteiger partial charge >= 0.3 is 5.97 Å². The quantitative estimate of drug-likeness (QED) is 0.171. The highest BCUT2D eigenvalue weighted by Gasteiger charge is 2.24. The van der Waals surface area contributed by atoms with Crippen LogP contribution >= 0.6 is 11.8 Å². The molecule has 8 heteroatoms. The topological polar surface area (TPSA) is 101 Å². The number of aromatic nitrogens is 2. The normalized spacial score (nSPS) is 18.7. The maximum absolute atomic E-state index is 12.8. The van der Waals surface area contributed by atoms with Crippen LogP contribution < -0.4 is 15.6 Å². The number of hydrogen-bond donors (Lipinski definition) is 2. The molecule has 7 nitrogen and oxygen atoms in total. The molecule has 0 radical (unpaired) electrons. The van der Waals surface area contributed by atoms with Gasteiger partial charge in [-0.1, -0.05) is 57.7 Å². The van der Waals surface area contributed by atoms with Crippen LogP contribution in [0.3, 0.4) is 0 Å². The van der Waals surface area contributed by atoms with Gasteiger partial charge in [-0.25, -0.2) is 9.78 Å². The molecule has 1 unspecified atom stereocenters. The van der Waals surface area contributed by atoms with E-state index in [4.69, 9.17) is 9.72 Å². The zero-order valence-electron chi connectivity index (χ0n) is 20.6. The number of nitrogens with zero attached hydrogens (tertiary/aromatic N) is 1. The molecule has 1 saturated carbocycles. The summed E-state index contributed by atoms with van der Waals surface area (Å²) in [5, 5.41) is 3.61. The van der Waals surface area contributed by atoms with Crippen LogP contribution in [0, 0.1) is 5.92 Å². The summed E-state index contributed by atoms with van der Waals surface area (Å²) in [6, 6.07) is 6.36. The Kier molecular flexibility index (Phi) is 8.78. The van der Waals surface area contributed by atoms with Crippen molar-refractivity contribution in [1.82, 2.24) is 15.3 Å². The van der Waals surface area contributed by atoms with E-state index >= 15 is 0 Å². The number of ether oxygens (including phenoxy) is 1. The van der Waals surface area contributed by atoms with E-state index in [1.54, 1.807) is 24.3 Å². The lowest BCUT2D eigenvalue weighted by Gasteiger charge is -2.22. The summed E-state index contributed by atoms with van der Waals surface area (Å²) >= 11 is 1.26. The van der Waals surface area contributed by atoms with Gasteiger partial charge < -0.3 is 15.0 Å². The fourth-order valence-electron chi connectivity index (χ4n) is 4.99. The van der Waals surface area contributed by atoms with Gasteiger partial charge in [0.25, 0.3) is 5.56 Å². The summed E-state index contributed by atoms with van der Waals surface area (Å²) in [6.07, 6.45) is 8.74. The Morgan fingerprint density at radius 3 is 2.49 bits per heavy atom. The molecule has 1 atom stereocenters. The van der Waals surface area contributed by atoms with E-state index in [1.807, 2.05) is 13.8 Å². The van der Waals surface area contributed by atoms with Gasteiger partial charge in [-0.2, -0.15) is 0 Å². The molecule has 2 aliphatic rings. The second-order valence-corrected chi connectivity index (χ2v) is 10.9. The lowest BCUT2D eigenvalue weighted by atomic mass is 9.84. The molecular weight excluding hydrogens is 462 g/mol. The maximum Gasteiger partial charge on any atom is 0.328 e. The van der Waals surface area contributed by atoms with Crippen molar-refractivity contribution in [2.24, 2.45) is 5.92 Å². The van der Waals surface area contributed by atoms with Crippen LogP contribution in [0.4, 0.5) is 0 Å². The molecule has 0 spiro atoms. The highest BCUT2D eigenvalue weighted by atomic mass is 32.2. The lowest BCUT2D eigenvalue weighted by molar-refractivity contribution is -0.136. The monoisotopic (exact) mass is 497 g/mol. The van der Waals surface area contributed by atoms with Crippen molar-refractivity contribution in [2.75, 3.05) is 12.3 Å². The van der Waals surface area contributed by atoms with Crippen molar-refractivity contribution in [2.45, 2.75) is 82.3 Å². The minimum absolute atomic E-state index is 0.0743. The van der Waals surface area contributed by atoms with Crippen LogP contribution in [-0.4, -0.2) is 40.1 Å². The summed E-state index contributed by atoms with van der Waals surface area (Å²) < 4.78 is 5.41. The molecule has 0 amide bonds. The first-order valence-corrected chi connectivity index (χ1v) is 13.7. The van der Waals surface area contributed by atoms with Crippen LogP contribution in [0.2, 0.25) is 0 Å². The van der Waals surface area contributed by atoms with Gasteiger partial charge in [-0.05, 0) is 61.9 Å². The number of thioether (sulfide) groups is 1. The number of aromatic amines is 1. The van der Waals surface area contributed by atoms with Crippen molar-refractivity contribution in [3.8, 4) is 5.75 Å². The molecule has 188 valence electrons. The van der Waals surface area contributed by atoms with E-state index in [0.29, 0.717) is 22.4 Å². The first-order valence-electron chi connectivity index (χ1n) is 12.7. The Morgan fingerprint density at radius 2 is 1.83 bits per heavy atom. The minimum atomic E-state index is -0.291. The Balaban J connectivity index is 1.38. The van der Waals surface area contributed by atoms with Gasteiger partial charge in [0.15, 0.2) is 10.9 Å². The van der Waals surface area contributed by atoms with Gasteiger partial charge in [0.2, 0.25) is 0 Å². The maximum atomic E-state index is 12.8. The van der Waals surface area contributed by atoms with Crippen LogP contribution in [0.5, 0.6) is 5.75 Å². The van der Waals surface area contributed by atoms with Crippen LogP contribution in [0.15, 0.2) is 34.2 Å². The zero-order valence-corrected chi connectivity index (χ0v) is 21.4. The van der Waals surface area contributed by atoms with E-state index in [1.165, 1.54) is 43.9 Å². The second-order valence-electron chi connectivity index (χ2n) is 9.90. The number of ketones is 1. The Morgan fingerprint density at radius 1 is 1.09 bits per heavy atom. The van der Waals surface area contributed by atoms with Gasteiger partial charge in [0.05, 0.1) is 11.4 Å². The average molecular weight is 498 g/mol. The van der Waals surface area contributed by atoms with Crippen LogP contribution in [0.25, 0.3) is 0 Å². The van der Waals surface area contributed by atoms with E-state index in [2.05, 4.69) is 10.3 Å². The number of nitrogens with one attached hydrogen (secondary N) is 2. The van der Waals surface area contributed by atoms with Crippen molar-refractivity contribution in [3.05, 3.63) is 51.4 Å². The Bertz CT molecular complexity index is 1080. The molecule has 4 rings (SSSR count). The lowest BCUT2D eigenvalue weighted by Crippen LogP contribution is -2.34. The third-order valence-corrected chi connectivity index (χ3v) is 7.75. The number of esters is 1. The summed E-state index contributed by atoms with van der Waals surface area (Å²) in [7, 11) is 0. The number of rotatable bonds is 9. The first kappa shape index (κ1) is 25.6. The molecule has 1 aromatic carbocycles. The number of Topliss-reactive ketones (excluding diaryl/α,β-unsaturated/α-hetero) is 1. The molecular formula is C27H35N3O4S. The largest absolute Gasteiger partial charge is 0.425 e. The van der Waals surface area contributed by atoms with E-state index in [0.717, 1.165) is 37.1 Å². The highest BCUT2D eigenvalue weighted by Crippen LogP contribution is 2.29. The highest BCUT2D eigenvalue weighted by molar-refractivity contribution is 7.99. The molecule has 2 fully saturated rings. The first-order chi connectivity index (χ1) is 16.9. The van der Waals surface area contributed by atoms with Crippen LogP contribution in [-0.2, 0) is 11.2 Å². The van der Waals surface area contributed by atoms with Gasteiger partial charge in [-0.3, -0.25) is 9.59 Å². The summed E-state index contributed by atoms with van der Waals surface area (Å²) in [5.41, 5.74) is 2.08. The molecule has 2 aromatic rings. The fraction of sp³-hybridized carbons (Fsp3) is 0.556.